The van der Waals surface area contributed by atoms with Crippen LogP contribution in [0.1, 0.15) is 77.8 Å². The average Bonchev–Trinajstić information content (AvgIpc) is 2.41. The third-order valence-electron chi connectivity index (χ3n) is 2.80. The molecule has 110 valence electrons. The van der Waals surface area contributed by atoms with Crippen molar-refractivity contribution >= 4 is 0 Å². The zero-order valence-electron chi connectivity index (χ0n) is 14.2. The second-order valence-corrected chi connectivity index (χ2v) is 4.97. The number of rotatable bonds is 4. The van der Waals surface area contributed by atoms with E-state index >= 15 is 0 Å². The molecule has 0 aliphatic carbocycles. The number of allylic oxidation sites excluding steroid dienone is 1. The van der Waals surface area contributed by atoms with E-state index in [2.05, 4.69) is 65.5 Å². The smallest absolute Gasteiger partial charge is 0.0153 e. The Morgan fingerprint density at radius 2 is 1.47 bits per heavy atom. The second kappa shape index (κ2) is 13.4. The molecule has 0 saturated heterocycles. The van der Waals surface area contributed by atoms with Crippen molar-refractivity contribution in [1.29, 1.82) is 0 Å². The highest BCUT2D eigenvalue weighted by Gasteiger charge is 2.04. The van der Waals surface area contributed by atoms with Gasteiger partial charge in [0.15, 0.2) is 0 Å². The summed E-state index contributed by atoms with van der Waals surface area (Å²) < 4.78 is 0. The first-order valence-electron chi connectivity index (χ1n) is 7.72. The van der Waals surface area contributed by atoms with Crippen molar-refractivity contribution in [2.45, 2.75) is 73.6 Å². The van der Waals surface area contributed by atoms with Gasteiger partial charge in [0.25, 0.3) is 0 Å². The van der Waals surface area contributed by atoms with Gasteiger partial charge in [-0.05, 0) is 31.7 Å². The molecule has 0 spiro atoms. The van der Waals surface area contributed by atoms with Crippen LogP contribution in [-0.4, -0.2) is 0 Å². The molecule has 0 heterocycles. The SMILES string of the molecule is C=C(C)CC(C)c1ccc(C)cc1.CC.CCCC. The highest BCUT2D eigenvalue weighted by atomic mass is 14.1. The summed E-state index contributed by atoms with van der Waals surface area (Å²) in [4.78, 5) is 0. The van der Waals surface area contributed by atoms with Crippen LogP contribution in [-0.2, 0) is 0 Å². The van der Waals surface area contributed by atoms with Crippen LogP contribution in [0.4, 0.5) is 0 Å². The number of hydrogen-bond acceptors (Lipinski definition) is 0. The summed E-state index contributed by atoms with van der Waals surface area (Å²) in [6.45, 7) is 18.8. The van der Waals surface area contributed by atoms with Crippen LogP contribution >= 0.6 is 0 Å². The van der Waals surface area contributed by atoms with Crippen LogP contribution in [0.15, 0.2) is 36.4 Å². The van der Waals surface area contributed by atoms with Crippen molar-refractivity contribution in [3.05, 3.63) is 47.5 Å². The molecule has 0 heteroatoms. The minimum absolute atomic E-state index is 0.595. The van der Waals surface area contributed by atoms with Crippen molar-refractivity contribution in [3.8, 4) is 0 Å². The number of benzene rings is 1. The van der Waals surface area contributed by atoms with Crippen molar-refractivity contribution in [2.24, 2.45) is 0 Å². The molecule has 0 amide bonds. The summed E-state index contributed by atoms with van der Waals surface area (Å²) in [5.41, 5.74) is 3.99. The molecule has 19 heavy (non-hydrogen) atoms. The fourth-order valence-electron chi connectivity index (χ4n) is 1.54. The Morgan fingerprint density at radius 3 is 1.79 bits per heavy atom. The molecule has 1 rings (SSSR count). The van der Waals surface area contributed by atoms with Crippen molar-refractivity contribution in [1.82, 2.24) is 0 Å². The van der Waals surface area contributed by atoms with Gasteiger partial charge in [-0.1, -0.05) is 82.9 Å². The molecule has 0 radical (unpaired) electrons. The molecule has 0 aromatic heterocycles. The summed E-state index contributed by atoms with van der Waals surface area (Å²) in [5, 5.41) is 0. The molecule has 0 bridgehead atoms. The molecule has 1 aromatic carbocycles. The summed E-state index contributed by atoms with van der Waals surface area (Å²) in [6, 6.07) is 8.76. The number of aryl methyl sites for hydroxylation is 1. The van der Waals surface area contributed by atoms with Crippen LogP contribution in [0.3, 0.4) is 0 Å². The van der Waals surface area contributed by atoms with Crippen LogP contribution in [0, 0.1) is 6.92 Å². The van der Waals surface area contributed by atoms with Gasteiger partial charge in [0.1, 0.15) is 0 Å². The van der Waals surface area contributed by atoms with Crippen molar-refractivity contribution in [2.75, 3.05) is 0 Å². The quantitative estimate of drug-likeness (QED) is 0.518. The fraction of sp³-hybridized carbons (Fsp3) is 0.579. The lowest BCUT2D eigenvalue weighted by atomic mass is 9.94. The number of unbranched alkanes of at least 4 members (excludes halogenated alkanes) is 1. The highest BCUT2D eigenvalue weighted by molar-refractivity contribution is 5.24. The predicted molar refractivity (Wildman–Crippen MR) is 91.0 cm³/mol. The molecule has 0 fully saturated rings. The molecule has 0 saturated carbocycles. The van der Waals surface area contributed by atoms with E-state index in [9.17, 15) is 0 Å². The van der Waals surface area contributed by atoms with Gasteiger partial charge >= 0.3 is 0 Å². The Morgan fingerprint density at radius 1 is 1.05 bits per heavy atom. The Labute approximate surface area is 121 Å². The minimum atomic E-state index is 0.595. The van der Waals surface area contributed by atoms with Crippen molar-refractivity contribution < 1.29 is 0 Å². The van der Waals surface area contributed by atoms with E-state index in [4.69, 9.17) is 0 Å². The first kappa shape index (κ1) is 20.3. The van der Waals surface area contributed by atoms with Gasteiger partial charge in [-0.2, -0.15) is 0 Å². The molecule has 1 atom stereocenters. The third-order valence-corrected chi connectivity index (χ3v) is 2.80. The fourth-order valence-corrected chi connectivity index (χ4v) is 1.54. The zero-order chi connectivity index (χ0) is 15.3. The van der Waals surface area contributed by atoms with Gasteiger partial charge in [-0.25, -0.2) is 0 Å². The standard InChI is InChI=1S/C13H18.C4H10.C2H6/c1-10(2)9-12(4)13-7-5-11(3)6-8-13;1-3-4-2;1-2/h5-8,12H,1,9H2,2-4H3;3-4H2,1-2H3;1-2H3. The van der Waals surface area contributed by atoms with Gasteiger partial charge in [-0.15, -0.1) is 6.58 Å². The molecule has 0 nitrogen and oxygen atoms in total. The Bertz CT molecular complexity index is 303. The Kier molecular flexibility index (Phi) is 14.3. The van der Waals surface area contributed by atoms with E-state index < -0.39 is 0 Å². The summed E-state index contributed by atoms with van der Waals surface area (Å²) in [6.07, 6.45) is 3.73. The highest BCUT2D eigenvalue weighted by Crippen LogP contribution is 2.22. The van der Waals surface area contributed by atoms with Gasteiger partial charge in [-0.3, -0.25) is 0 Å². The monoisotopic (exact) mass is 262 g/mol. The van der Waals surface area contributed by atoms with E-state index in [0.717, 1.165) is 6.42 Å². The van der Waals surface area contributed by atoms with Gasteiger partial charge in [0.2, 0.25) is 0 Å². The maximum Gasteiger partial charge on any atom is -0.0153 e. The molecule has 1 aromatic rings. The zero-order valence-corrected chi connectivity index (χ0v) is 14.2. The predicted octanol–water partition coefficient (Wildman–Crippen LogP) is 6.90. The van der Waals surface area contributed by atoms with E-state index in [1.165, 1.54) is 29.5 Å². The van der Waals surface area contributed by atoms with Crippen LogP contribution < -0.4 is 0 Å². The van der Waals surface area contributed by atoms with E-state index in [1.54, 1.807) is 0 Å². The van der Waals surface area contributed by atoms with Crippen LogP contribution in [0.25, 0.3) is 0 Å². The lowest BCUT2D eigenvalue weighted by Gasteiger charge is -2.11. The minimum Gasteiger partial charge on any atom is -0.100 e. The van der Waals surface area contributed by atoms with Gasteiger partial charge in [0, 0.05) is 0 Å². The van der Waals surface area contributed by atoms with E-state index in [0.29, 0.717) is 5.92 Å². The van der Waals surface area contributed by atoms with Crippen molar-refractivity contribution in [3.63, 3.8) is 0 Å². The first-order valence-corrected chi connectivity index (χ1v) is 7.72. The summed E-state index contributed by atoms with van der Waals surface area (Å²) in [5.74, 6) is 0.595. The molecule has 0 aliphatic rings. The first-order chi connectivity index (χ1) is 9.01. The molecular weight excluding hydrogens is 228 g/mol. The lowest BCUT2D eigenvalue weighted by molar-refractivity contribution is 0.753. The largest absolute Gasteiger partial charge is 0.100 e. The summed E-state index contributed by atoms with van der Waals surface area (Å²) >= 11 is 0. The topological polar surface area (TPSA) is 0 Å². The van der Waals surface area contributed by atoms with Crippen LogP contribution in [0.5, 0.6) is 0 Å². The van der Waals surface area contributed by atoms with Crippen LogP contribution in [0.2, 0.25) is 0 Å². The number of hydrogen-bond donors (Lipinski definition) is 0. The molecule has 0 aliphatic heterocycles. The maximum absolute atomic E-state index is 3.94. The third kappa shape index (κ3) is 11.8. The summed E-state index contributed by atoms with van der Waals surface area (Å²) in [7, 11) is 0. The Balaban J connectivity index is 0. The maximum atomic E-state index is 3.94. The lowest BCUT2D eigenvalue weighted by Crippen LogP contribution is -1.93. The molecule has 1 unspecified atom stereocenters. The second-order valence-electron chi connectivity index (χ2n) is 4.97. The van der Waals surface area contributed by atoms with Gasteiger partial charge < -0.3 is 0 Å². The van der Waals surface area contributed by atoms with Gasteiger partial charge in [0.05, 0.1) is 0 Å². The Hall–Kier alpha value is -1.04. The normalized spacial score (nSPS) is 10.5. The van der Waals surface area contributed by atoms with E-state index in [1.807, 2.05) is 13.8 Å². The molecular formula is C19H34. The van der Waals surface area contributed by atoms with E-state index in [-0.39, 0.29) is 0 Å². The average molecular weight is 262 g/mol. The molecule has 0 N–H and O–H groups in total.